The summed E-state index contributed by atoms with van der Waals surface area (Å²) in [4.78, 5) is 26.3. The zero-order chi connectivity index (χ0) is 19.0. The number of alkyl halides is 1. The van der Waals surface area contributed by atoms with E-state index in [-0.39, 0.29) is 47.6 Å². The Kier molecular flexibility index (Phi) is 4.91. The quantitative estimate of drug-likeness (QED) is 0.542. The molecule has 6 heteroatoms. The second kappa shape index (κ2) is 7.35. The van der Waals surface area contributed by atoms with E-state index < -0.39 is 0 Å². The number of ether oxygens (including phenoxy) is 2. The van der Waals surface area contributed by atoms with E-state index in [0.717, 1.165) is 11.1 Å². The minimum absolute atomic E-state index is 0.00516. The Hall–Kier alpha value is -2.34. The first kappa shape index (κ1) is 18.0. The highest BCUT2D eigenvalue weighted by molar-refractivity contribution is 9.09. The van der Waals surface area contributed by atoms with Gasteiger partial charge >= 0.3 is 12.1 Å². The van der Waals surface area contributed by atoms with Crippen molar-refractivity contribution in [3.63, 3.8) is 0 Å². The largest absolute Gasteiger partial charge is 0.460 e. The molecule has 2 aliphatic heterocycles. The lowest BCUT2D eigenvalue weighted by Crippen LogP contribution is -2.56. The highest BCUT2D eigenvalue weighted by Gasteiger charge is 2.68. The maximum absolute atomic E-state index is 13.0. The summed E-state index contributed by atoms with van der Waals surface area (Å²) in [6.45, 7) is 1.61. The molecule has 1 aliphatic carbocycles. The third-order valence-corrected chi connectivity index (χ3v) is 6.41. The molecule has 0 radical (unpaired) electrons. The zero-order valence-corrected chi connectivity index (χ0v) is 16.4. The normalized spacial score (nSPS) is 28.4. The number of fused-ring (bicyclic) bond motifs is 1. The maximum atomic E-state index is 13.0. The molecule has 3 aliphatic rings. The molecule has 2 aromatic carbocycles. The van der Waals surface area contributed by atoms with Crippen LogP contribution < -0.4 is 0 Å². The number of carbonyl (C=O) groups is 2. The van der Waals surface area contributed by atoms with Crippen molar-refractivity contribution in [3.8, 4) is 0 Å². The van der Waals surface area contributed by atoms with Gasteiger partial charge in [0.2, 0.25) is 0 Å². The van der Waals surface area contributed by atoms with Crippen molar-refractivity contribution in [1.82, 2.24) is 4.90 Å². The molecule has 1 amide bonds. The zero-order valence-electron chi connectivity index (χ0n) is 14.8. The predicted octanol–water partition coefficient (Wildman–Crippen LogP) is 4.07. The van der Waals surface area contributed by atoms with Gasteiger partial charge in [-0.3, -0.25) is 9.69 Å². The van der Waals surface area contributed by atoms with E-state index in [9.17, 15) is 9.59 Å². The number of hydrogen-bond donors (Lipinski definition) is 0. The number of rotatable bonds is 4. The third kappa shape index (κ3) is 3.23. The molecule has 3 fully saturated rings. The van der Waals surface area contributed by atoms with E-state index in [1.165, 1.54) is 6.92 Å². The fourth-order valence-electron chi connectivity index (χ4n) is 4.11. The Bertz CT molecular complexity index is 829. The fraction of sp³-hybridized carbons (Fsp3) is 0.333. The Morgan fingerprint density at radius 3 is 2.30 bits per heavy atom. The van der Waals surface area contributed by atoms with Crippen LogP contribution in [0, 0.1) is 5.92 Å². The Labute approximate surface area is 166 Å². The van der Waals surface area contributed by atoms with Crippen molar-refractivity contribution in [2.24, 2.45) is 5.92 Å². The summed E-state index contributed by atoms with van der Waals surface area (Å²) in [5, 5.41) is 0. The molecule has 27 heavy (non-hydrogen) atoms. The van der Waals surface area contributed by atoms with Crippen LogP contribution in [0.1, 0.15) is 24.1 Å². The molecule has 2 bridgehead atoms. The van der Waals surface area contributed by atoms with Crippen molar-refractivity contribution >= 4 is 28.0 Å². The van der Waals surface area contributed by atoms with Gasteiger partial charge in [-0.05, 0) is 11.1 Å². The summed E-state index contributed by atoms with van der Waals surface area (Å²) in [5.74, 6) is -0.328. The van der Waals surface area contributed by atoms with E-state index in [2.05, 4.69) is 15.9 Å². The van der Waals surface area contributed by atoms with Crippen LogP contribution in [-0.2, 0) is 20.9 Å². The maximum Gasteiger partial charge on any atom is 0.411 e. The van der Waals surface area contributed by atoms with Gasteiger partial charge in [0.25, 0.3) is 0 Å². The number of hydrogen-bond acceptors (Lipinski definition) is 4. The van der Waals surface area contributed by atoms with Crippen LogP contribution in [-0.4, -0.2) is 33.9 Å². The van der Waals surface area contributed by atoms with Gasteiger partial charge in [-0.1, -0.05) is 76.6 Å². The highest BCUT2D eigenvalue weighted by atomic mass is 79.9. The first-order valence-electron chi connectivity index (χ1n) is 8.93. The molecule has 1 saturated carbocycles. The van der Waals surface area contributed by atoms with Gasteiger partial charge in [0, 0.05) is 17.7 Å². The van der Waals surface area contributed by atoms with Gasteiger partial charge in [0.05, 0.1) is 12.1 Å². The van der Waals surface area contributed by atoms with E-state index >= 15 is 0 Å². The molecule has 0 spiro atoms. The molecule has 5 atom stereocenters. The van der Waals surface area contributed by atoms with Gasteiger partial charge in [0.15, 0.2) is 0 Å². The number of esters is 1. The topological polar surface area (TPSA) is 55.8 Å². The molecule has 2 saturated heterocycles. The van der Waals surface area contributed by atoms with Crippen LogP contribution in [0.3, 0.4) is 0 Å². The predicted molar refractivity (Wildman–Crippen MR) is 103 cm³/mol. The van der Waals surface area contributed by atoms with Crippen molar-refractivity contribution in [1.29, 1.82) is 0 Å². The second-order valence-electron chi connectivity index (χ2n) is 6.89. The van der Waals surface area contributed by atoms with Crippen molar-refractivity contribution in [3.05, 3.63) is 71.8 Å². The Morgan fingerprint density at radius 2 is 1.67 bits per heavy atom. The third-order valence-electron chi connectivity index (χ3n) is 5.25. The van der Waals surface area contributed by atoms with Gasteiger partial charge in [-0.2, -0.15) is 0 Å². The lowest BCUT2D eigenvalue weighted by Gasteiger charge is -2.39. The summed E-state index contributed by atoms with van der Waals surface area (Å²) in [6, 6.07) is 19.0. The van der Waals surface area contributed by atoms with E-state index in [1.807, 2.05) is 60.7 Å². The lowest BCUT2D eigenvalue weighted by molar-refractivity contribution is -0.154. The molecule has 2 heterocycles. The second-order valence-corrected chi connectivity index (χ2v) is 7.95. The number of nitrogens with zero attached hydrogens (tertiary/aromatic N) is 1. The van der Waals surface area contributed by atoms with Gasteiger partial charge in [-0.15, -0.1) is 0 Å². The summed E-state index contributed by atoms with van der Waals surface area (Å²) in [7, 11) is 0. The molecular weight excluding hydrogens is 410 g/mol. The van der Waals surface area contributed by atoms with Crippen molar-refractivity contribution in [2.45, 2.75) is 36.5 Å². The average Bonchev–Trinajstić information content (AvgIpc) is 3.19. The first-order valence-corrected chi connectivity index (χ1v) is 9.85. The van der Waals surface area contributed by atoms with Crippen LogP contribution in [0.5, 0.6) is 0 Å². The molecule has 0 unspecified atom stereocenters. The average molecular weight is 430 g/mol. The Balaban J connectivity index is 1.58. The van der Waals surface area contributed by atoms with E-state index in [4.69, 9.17) is 9.47 Å². The molecule has 2 aromatic rings. The van der Waals surface area contributed by atoms with Crippen LogP contribution >= 0.6 is 15.9 Å². The molecule has 140 valence electrons. The molecular formula is C21H20BrNO4. The molecule has 0 N–H and O–H groups in total. The van der Waals surface area contributed by atoms with Gasteiger partial charge < -0.3 is 9.47 Å². The standard InChI is InChI=1S/C21H20BrNO4/c1-13(24)27-20-16-17(22)19(20)23(18(16)15-10-6-3-7-11-15)21(25)26-12-14-8-4-2-5-9-14/h2-11,16-20H,12H2,1H3/t16-,17+,18+,19-,20-/m1/s1. The molecule has 5 rings (SSSR count). The monoisotopic (exact) mass is 429 g/mol. The lowest BCUT2D eigenvalue weighted by atomic mass is 9.77. The number of carbonyl (C=O) groups excluding carboxylic acids is 2. The number of benzene rings is 2. The van der Waals surface area contributed by atoms with E-state index in [0.29, 0.717) is 0 Å². The summed E-state index contributed by atoms with van der Waals surface area (Å²) in [6.07, 6.45) is -0.708. The first-order chi connectivity index (χ1) is 13.1. The molecule has 5 nitrogen and oxygen atoms in total. The Morgan fingerprint density at radius 1 is 1.04 bits per heavy atom. The summed E-state index contributed by atoms with van der Waals surface area (Å²) >= 11 is 3.69. The fourth-order valence-corrected chi connectivity index (χ4v) is 5.26. The van der Waals surface area contributed by atoms with Crippen LogP contribution in [0.4, 0.5) is 4.79 Å². The van der Waals surface area contributed by atoms with Crippen LogP contribution in [0.2, 0.25) is 0 Å². The van der Waals surface area contributed by atoms with Gasteiger partial charge in [-0.25, -0.2) is 4.79 Å². The minimum Gasteiger partial charge on any atom is -0.460 e. The summed E-state index contributed by atoms with van der Waals surface area (Å²) < 4.78 is 11.1. The smallest absolute Gasteiger partial charge is 0.411 e. The SMILES string of the molecule is CC(=O)O[C@@H]1[C@@H]2[C@H](Br)[C@H]1N(C(=O)OCc1ccccc1)[C@H]2c1ccccc1. The minimum atomic E-state index is -0.390. The van der Waals surface area contributed by atoms with Crippen molar-refractivity contribution < 1.29 is 19.1 Å². The highest BCUT2D eigenvalue weighted by Crippen LogP contribution is 2.58. The van der Waals surface area contributed by atoms with Gasteiger partial charge in [0.1, 0.15) is 12.7 Å². The van der Waals surface area contributed by atoms with Crippen LogP contribution in [0.15, 0.2) is 60.7 Å². The number of halogens is 1. The molecule has 0 aromatic heterocycles. The van der Waals surface area contributed by atoms with E-state index in [1.54, 1.807) is 4.90 Å². The summed E-state index contributed by atoms with van der Waals surface area (Å²) in [5.41, 5.74) is 1.95. The number of amides is 1. The van der Waals surface area contributed by atoms with Crippen molar-refractivity contribution in [2.75, 3.05) is 0 Å². The van der Waals surface area contributed by atoms with Crippen LogP contribution in [0.25, 0.3) is 0 Å².